The summed E-state index contributed by atoms with van der Waals surface area (Å²) < 4.78 is 89.3. The van der Waals surface area contributed by atoms with Gasteiger partial charge < -0.3 is 4.74 Å². The summed E-state index contributed by atoms with van der Waals surface area (Å²) in [6, 6.07) is 6.74. The van der Waals surface area contributed by atoms with E-state index in [0.717, 1.165) is 0 Å². The first-order chi connectivity index (χ1) is 10.6. The molecular weight excluding hydrogens is 344 g/mol. The Morgan fingerprint density at radius 3 is 1.96 bits per heavy atom. The molecule has 0 saturated heterocycles. The number of esters is 1. The topological polar surface area (TPSA) is 80.7 Å². The van der Waals surface area contributed by atoms with Gasteiger partial charge in [0.2, 0.25) is 0 Å². The lowest BCUT2D eigenvalue weighted by Crippen LogP contribution is -2.20. The zero-order valence-electron chi connectivity index (χ0n) is 10.9. The first-order valence-electron chi connectivity index (χ1n) is 5.75. The first kappa shape index (κ1) is 16.9. The van der Waals surface area contributed by atoms with E-state index in [-0.39, 0.29) is 5.75 Å². The van der Waals surface area contributed by atoms with Crippen LogP contribution in [-0.4, -0.2) is 18.9 Å². The molecule has 2 aromatic rings. The predicted molar refractivity (Wildman–Crippen MR) is 67.5 cm³/mol. The zero-order chi connectivity index (χ0) is 17.4. The molecule has 23 heavy (non-hydrogen) atoms. The lowest BCUT2D eigenvalue weighted by atomic mass is 10.2. The lowest BCUT2D eigenvalue weighted by Gasteiger charge is -2.11. The summed E-state index contributed by atoms with van der Waals surface area (Å²) in [6.45, 7) is 0. The summed E-state index contributed by atoms with van der Waals surface area (Å²) in [4.78, 5) is 9.78. The minimum absolute atomic E-state index is 0.205. The first-order valence-corrected chi connectivity index (χ1v) is 7.19. The third-order valence-corrected chi connectivity index (χ3v) is 3.54. The second-order valence-corrected chi connectivity index (χ2v) is 5.50. The van der Waals surface area contributed by atoms with E-state index in [9.17, 15) is 30.8 Å². The van der Waals surface area contributed by atoms with Crippen molar-refractivity contribution >= 4 is 16.1 Å². The SMILES string of the molecule is O=C(Oc1ccccc1)c1c(F)c(F)c(F)c(F)c1S(=O)(=O)O. The number of rotatable bonds is 3. The van der Waals surface area contributed by atoms with E-state index in [2.05, 4.69) is 4.74 Å². The highest BCUT2D eigenvalue weighted by Crippen LogP contribution is 2.29. The maximum Gasteiger partial charge on any atom is 0.348 e. The van der Waals surface area contributed by atoms with Crippen molar-refractivity contribution in [2.24, 2.45) is 0 Å². The fourth-order valence-electron chi connectivity index (χ4n) is 1.68. The van der Waals surface area contributed by atoms with Gasteiger partial charge in [0.1, 0.15) is 11.3 Å². The molecule has 0 bridgehead atoms. The monoisotopic (exact) mass is 350 g/mol. The third kappa shape index (κ3) is 3.17. The Morgan fingerprint density at radius 2 is 1.43 bits per heavy atom. The van der Waals surface area contributed by atoms with E-state index in [1.165, 1.54) is 30.3 Å². The van der Waals surface area contributed by atoms with Crippen LogP contribution in [0.3, 0.4) is 0 Å². The maximum absolute atomic E-state index is 13.7. The molecule has 0 aliphatic rings. The van der Waals surface area contributed by atoms with Crippen molar-refractivity contribution in [2.45, 2.75) is 4.90 Å². The van der Waals surface area contributed by atoms with E-state index < -0.39 is 49.8 Å². The fourth-order valence-corrected chi connectivity index (χ4v) is 2.43. The van der Waals surface area contributed by atoms with Gasteiger partial charge in [-0.15, -0.1) is 0 Å². The third-order valence-electron chi connectivity index (χ3n) is 2.64. The van der Waals surface area contributed by atoms with Gasteiger partial charge in [0, 0.05) is 0 Å². The van der Waals surface area contributed by atoms with Crippen molar-refractivity contribution < 1.29 is 40.1 Å². The van der Waals surface area contributed by atoms with Crippen molar-refractivity contribution in [3.63, 3.8) is 0 Å². The molecule has 0 heterocycles. The molecule has 0 amide bonds. The highest BCUT2D eigenvalue weighted by Gasteiger charge is 2.36. The molecule has 0 aliphatic carbocycles. The molecule has 0 unspecified atom stereocenters. The van der Waals surface area contributed by atoms with Gasteiger partial charge in [-0.1, -0.05) is 18.2 Å². The van der Waals surface area contributed by atoms with Crippen molar-refractivity contribution in [3.05, 3.63) is 59.2 Å². The summed E-state index contributed by atoms with van der Waals surface area (Å²) in [5, 5.41) is 0. The van der Waals surface area contributed by atoms with Crippen LogP contribution in [0.2, 0.25) is 0 Å². The minimum Gasteiger partial charge on any atom is -0.423 e. The normalized spacial score (nSPS) is 11.3. The van der Waals surface area contributed by atoms with Crippen LogP contribution < -0.4 is 4.74 Å². The van der Waals surface area contributed by atoms with Crippen LogP contribution in [0.25, 0.3) is 0 Å². The summed E-state index contributed by atoms with van der Waals surface area (Å²) in [5.74, 6) is -11.7. The van der Waals surface area contributed by atoms with Crippen LogP contribution in [-0.2, 0) is 10.1 Å². The highest BCUT2D eigenvalue weighted by molar-refractivity contribution is 7.86. The number of hydrogen-bond acceptors (Lipinski definition) is 4. The molecule has 2 rings (SSSR count). The van der Waals surface area contributed by atoms with E-state index in [4.69, 9.17) is 4.55 Å². The Hall–Kier alpha value is -2.46. The number of carbonyl (C=O) groups excluding carboxylic acids is 1. The van der Waals surface area contributed by atoms with Crippen molar-refractivity contribution in [2.75, 3.05) is 0 Å². The number of halogens is 4. The molecular formula is C13H6F4O5S. The zero-order valence-corrected chi connectivity index (χ0v) is 11.7. The van der Waals surface area contributed by atoms with E-state index >= 15 is 0 Å². The Kier molecular flexibility index (Phi) is 4.39. The molecule has 122 valence electrons. The van der Waals surface area contributed by atoms with Gasteiger partial charge in [0.15, 0.2) is 28.2 Å². The molecule has 0 radical (unpaired) electrons. The van der Waals surface area contributed by atoms with Gasteiger partial charge in [-0.3, -0.25) is 4.55 Å². The van der Waals surface area contributed by atoms with Gasteiger partial charge in [-0.2, -0.15) is 8.42 Å². The number of carbonyl (C=O) groups is 1. The minimum atomic E-state index is -5.59. The average molecular weight is 350 g/mol. The van der Waals surface area contributed by atoms with Gasteiger partial charge in [-0.05, 0) is 12.1 Å². The second-order valence-electron chi connectivity index (χ2n) is 4.14. The van der Waals surface area contributed by atoms with E-state index in [1.807, 2.05) is 0 Å². The predicted octanol–water partition coefficient (Wildman–Crippen LogP) is 2.71. The largest absolute Gasteiger partial charge is 0.423 e. The summed E-state index contributed by atoms with van der Waals surface area (Å²) in [7, 11) is -5.59. The van der Waals surface area contributed by atoms with Crippen LogP contribution in [0, 0.1) is 23.3 Å². The van der Waals surface area contributed by atoms with Gasteiger partial charge in [-0.25, -0.2) is 22.4 Å². The Morgan fingerprint density at radius 1 is 0.913 bits per heavy atom. The van der Waals surface area contributed by atoms with Gasteiger partial charge in [0.05, 0.1) is 0 Å². The Bertz CT molecular complexity index is 881. The van der Waals surface area contributed by atoms with Crippen molar-refractivity contribution in [1.29, 1.82) is 0 Å². The van der Waals surface area contributed by atoms with Crippen molar-refractivity contribution in [1.82, 2.24) is 0 Å². The average Bonchev–Trinajstić information content (AvgIpc) is 2.48. The molecule has 2 aromatic carbocycles. The summed E-state index contributed by atoms with van der Waals surface area (Å²) in [5.41, 5.74) is -1.78. The van der Waals surface area contributed by atoms with Crippen LogP contribution in [0.15, 0.2) is 35.2 Å². The van der Waals surface area contributed by atoms with Crippen molar-refractivity contribution in [3.8, 4) is 5.75 Å². The van der Waals surface area contributed by atoms with E-state index in [1.54, 1.807) is 0 Å². The maximum atomic E-state index is 13.7. The number of para-hydroxylation sites is 1. The Labute approximate surface area is 126 Å². The molecule has 0 aromatic heterocycles. The molecule has 0 spiro atoms. The summed E-state index contributed by atoms with van der Waals surface area (Å²) >= 11 is 0. The quantitative estimate of drug-likeness (QED) is 0.230. The second kappa shape index (κ2) is 5.97. The Balaban J connectivity index is 2.68. The molecule has 1 N–H and O–H groups in total. The molecule has 0 atom stereocenters. The van der Waals surface area contributed by atoms with Crippen LogP contribution in [0.4, 0.5) is 17.6 Å². The van der Waals surface area contributed by atoms with Gasteiger partial charge >= 0.3 is 5.97 Å². The molecule has 0 saturated carbocycles. The van der Waals surface area contributed by atoms with Crippen LogP contribution in [0.1, 0.15) is 10.4 Å². The van der Waals surface area contributed by atoms with E-state index in [0.29, 0.717) is 0 Å². The van der Waals surface area contributed by atoms with Crippen LogP contribution >= 0.6 is 0 Å². The molecule has 0 aliphatic heterocycles. The highest BCUT2D eigenvalue weighted by atomic mass is 32.2. The summed E-state index contributed by atoms with van der Waals surface area (Å²) in [6.07, 6.45) is 0. The number of ether oxygens (including phenoxy) is 1. The molecule has 10 heteroatoms. The van der Waals surface area contributed by atoms with Crippen LogP contribution in [0.5, 0.6) is 5.75 Å². The molecule has 5 nitrogen and oxygen atoms in total. The van der Waals surface area contributed by atoms with Gasteiger partial charge in [0.25, 0.3) is 10.1 Å². The number of benzene rings is 2. The standard InChI is InChI=1S/C13H6F4O5S/c14-8-7(13(18)22-6-4-2-1-3-5-6)12(23(19,20)21)11(17)10(16)9(8)15/h1-5H,(H,19,20,21). The fraction of sp³-hybridized carbons (Fsp3) is 0. The lowest BCUT2D eigenvalue weighted by molar-refractivity contribution is 0.0721. The molecule has 0 fully saturated rings. The number of hydrogen-bond donors (Lipinski definition) is 1. The smallest absolute Gasteiger partial charge is 0.348 e.